The Morgan fingerprint density at radius 1 is 1.27 bits per heavy atom. The molecule has 6 heteroatoms. The average Bonchev–Trinajstić information content (AvgIpc) is 2.48. The van der Waals surface area contributed by atoms with Gasteiger partial charge in [-0.05, 0) is 31.5 Å². The first-order valence-electron chi connectivity index (χ1n) is 7.49. The number of piperidine rings is 1. The number of carbonyl (C=O) groups is 1. The third-order valence-corrected chi connectivity index (χ3v) is 3.50. The zero-order valence-electron chi connectivity index (χ0n) is 13.2. The van der Waals surface area contributed by atoms with Gasteiger partial charge >= 0.3 is 6.09 Å². The molecule has 0 spiro atoms. The van der Waals surface area contributed by atoms with E-state index >= 15 is 0 Å². The van der Waals surface area contributed by atoms with E-state index in [0.717, 1.165) is 24.2 Å². The number of ether oxygens (including phenoxy) is 2. The van der Waals surface area contributed by atoms with Crippen molar-refractivity contribution in [2.75, 3.05) is 13.1 Å². The molecule has 5 nitrogen and oxygen atoms in total. The fourth-order valence-corrected chi connectivity index (χ4v) is 2.33. The highest BCUT2D eigenvalue weighted by molar-refractivity contribution is 5.85. The van der Waals surface area contributed by atoms with Crippen molar-refractivity contribution in [3.05, 3.63) is 29.8 Å². The second-order valence-corrected chi connectivity index (χ2v) is 5.58. The number of amides is 1. The number of nitrogens with zero attached hydrogens (tertiary/aromatic N) is 1. The third kappa shape index (κ3) is 5.39. The Kier molecular flexibility index (Phi) is 7.48. The zero-order chi connectivity index (χ0) is 15.2. The number of carbonyl (C=O) groups excluding carboxylic acids is 1. The standard InChI is InChI=1S/C16H24N2O3.ClH/c1-12(2)20-16(19)18-9-7-15(8-10-18)21-14-5-3-13(11-17)4-6-14;/h3-6,12,15H,7-11,17H2,1-2H3;1H. The topological polar surface area (TPSA) is 64.8 Å². The summed E-state index contributed by atoms with van der Waals surface area (Å²) in [6.07, 6.45) is 1.50. The summed E-state index contributed by atoms with van der Waals surface area (Å²) in [5, 5.41) is 0. The molecule has 2 rings (SSSR count). The minimum absolute atomic E-state index is 0. The van der Waals surface area contributed by atoms with E-state index in [1.165, 1.54) is 0 Å². The second kappa shape index (κ2) is 8.86. The van der Waals surface area contributed by atoms with Crippen LogP contribution in [0.15, 0.2) is 24.3 Å². The van der Waals surface area contributed by atoms with Gasteiger partial charge < -0.3 is 20.1 Å². The number of likely N-dealkylation sites (tertiary alicyclic amines) is 1. The molecule has 22 heavy (non-hydrogen) atoms. The Morgan fingerprint density at radius 3 is 2.36 bits per heavy atom. The zero-order valence-corrected chi connectivity index (χ0v) is 14.0. The van der Waals surface area contributed by atoms with E-state index < -0.39 is 0 Å². The van der Waals surface area contributed by atoms with E-state index in [0.29, 0.717) is 19.6 Å². The van der Waals surface area contributed by atoms with Gasteiger partial charge in [0.25, 0.3) is 0 Å². The van der Waals surface area contributed by atoms with Gasteiger partial charge in [-0.2, -0.15) is 0 Å². The summed E-state index contributed by atoms with van der Waals surface area (Å²) in [4.78, 5) is 13.5. The predicted molar refractivity (Wildman–Crippen MR) is 88.4 cm³/mol. The highest BCUT2D eigenvalue weighted by Gasteiger charge is 2.25. The molecular formula is C16H25ClN2O3. The van der Waals surface area contributed by atoms with Gasteiger partial charge in [0.15, 0.2) is 0 Å². The van der Waals surface area contributed by atoms with Gasteiger partial charge in [0, 0.05) is 32.5 Å². The molecule has 0 bridgehead atoms. The number of nitrogens with two attached hydrogens (primary N) is 1. The molecule has 1 aliphatic heterocycles. The molecule has 0 aromatic heterocycles. The van der Waals surface area contributed by atoms with Crippen molar-refractivity contribution in [2.45, 2.75) is 45.4 Å². The highest BCUT2D eigenvalue weighted by Crippen LogP contribution is 2.20. The molecule has 1 aliphatic rings. The van der Waals surface area contributed by atoms with Crippen molar-refractivity contribution >= 4 is 18.5 Å². The lowest BCUT2D eigenvalue weighted by molar-refractivity contribution is 0.0517. The molecule has 1 aromatic carbocycles. The maximum Gasteiger partial charge on any atom is 0.410 e. The average molecular weight is 329 g/mol. The van der Waals surface area contributed by atoms with Gasteiger partial charge in [0.1, 0.15) is 11.9 Å². The monoisotopic (exact) mass is 328 g/mol. The van der Waals surface area contributed by atoms with E-state index in [-0.39, 0.29) is 30.7 Å². The summed E-state index contributed by atoms with van der Waals surface area (Å²) in [5.41, 5.74) is 6.66. The Morgan fingerprint density at radius 2 is 1.86 bits per heavy atom. The Balaban J connectivity index is 0.00000242. The van der Waals surface area contributed by atoms with Crippen molar-refractivity contribution < 1.29 is 14.3 Å². The molecular weight excluding hydrogens is 304 g/mol. The molecule has 0 atom stereocenters. The van der Waals surface area contributed by atoms with E-state index in [4.69, 9.17) is 15.2 Å². The summed E-state index contributed by atoms with van der Waals surface area (Å²) < 4.78 is 11.1. The molecule has 1 heterocycles. The number of rotatable bonds is 4. The molecule has 0 radical (unpaired) electrons. The number of hydrogen-bond donors (Lipinski definition) is 1. The van der Waals surface area contributed by atoms with Crippen LogP contribution in [0.4, 0.5) is 4.79 Å². The summed E-state index contributed by atoms with van der Waals surface area (Å²) in [7, 11) is 0. The van der Waals surface area contributed by atoms with Crippen LogP contribution in [0.1, 0.15) is 32.3 Å². The minimum atomic E-state index is -0.226. The molecule has 1 aromatic rings. The first kappa shape index (κ1) is 18.6. The number of benzene rings is 1. The quantitative estimate of drug-likeness (QED) is 0.923. The van der Waals surface area contributed by atoms with Crippen LogP contribution in [-0.2, 0) is 11.3 Å². The molecule has 1 saturated heterocycles. The summed E-state index contributed by atoms with van der Waals surface area (Å²) in [6.45, 7) is 5.61. The third-order valence-electron chi connectivity index (χ3n) is 3.50. The number of hydrogen-bond acceptors (Lipinski definition) is 4. The fourth-order valence-electron chi connectivity index (χ4n) is 2.33. The van der Waals surface area contributed by atoms with Gasteiger partial charge in [0.05, 0.1) is 6.10 Å². The van der Waals surface area contributed by atoms with Crippen LogP contribution in [-0.4, -0.2) is 36.3 Å². The maximum atomic E-state index is 11.8. The van der Waals surface area contributed by atoms with E-state index in [1.807, 2.05) is 38.1 Å². The normalized spacial score (nSPS) is 15.4. The van der Waals surface area contributed by atoms with Crippen LogP contribution in [0.5, 0.6) is 5.75 Å². The van der Waals surface area contributed by atoms with E-state index in [1.54, 1.807) is 4.90 Å². The minimum Gasteiger partial charge on any atom is -0.490 e. The molecule has 124 valence electrons. The Hall–Kier alpha value is -1.46. The summed E-state index contributed by atoms with van der Waals surface area (Å²) in [6, 6.07) is 7.85. The van der Waals surface area contributed by atoms with Gasteiger partial charge in [-0.3, -0.25) is 0 Å². The predicted octanol–water partition coefficient (Wildman–Crippen LogP) is 2.96. The SMILES string of the molecule is CC(C)OC(=O)N1CCC(Oc2ccc(CN)cc2)CC1.Cl. The first-order valence-corrected chi connectivity index (χ1v) is 7.49. The summed E-state index contributed by atoms with van der Waals surface area (Å²) >= 11 is 0. The summed E-state index contributed by atoms with van der Waals surface area (Å²) in [5.74, 6) is 0.857. The lowest BCUT2D eigenvalue weighted by Crippen LogP contribution is -2.42. The van der Waals surface area contributed by atoms with Gasteiger partial charge in [-0.25, -0.2) is 4.79 Å². The van der Waals surface area contributed by atoms with Gasteiger partial charge in [-0.15, -0.1) is 12.4 Å². The van der Waals surface area contributed by atoms with Crippen LogP contribution >= 0.6 is 12.4 Å². The molecule has 1 fully saturated rings. The van der Waals surface area contributed by atoms with Crippen molar-refractivity contribution in [2.24, 2.45) is 5.73 Å². The van der Waals surface area contributed by atoms with Crippen LogP contribution in [0.25, 0.3) is 0 Å². The molecule has 2 N–H and O–H groups in total. The maximum absolute atomic E-state index is 11.8. The van der Waals surface area contributed by atoms with Crippen LogP contribution < -0.4 is 10.5 Å². The Labute approximate surface area is 138 Å². The van der Waals surface area contributed by atoms with Crippen molar-refractivity contribution in [3.8, 4) is 5.75 Å². The van der Waals surface area contributed by atoms with E-state index in [9.17, 15) is 4.79 Å². The van der Waals surface area contributed by atoms with Crippen molar-refractivity contribution in [1.82, 2.24) is 4.90 Å². The smallest absolute Gasteiger partial charge is 0.410 e. The van der Waals surface area contributed by atoms with Crippen LogP contribution in [0.2, 0.25) is 0 Å². The van der Waals surface area contributed by atoms with Gasteiger partial charge in [0.2, 0.25) is 0 Å². The lowest BCUT2D eigenvalue weighted by Gasteiger charge is -2.32. The molecule has 0 aliphatic carbocycles. The number of halogens is 1. The van der Waals surface area contributed by atoms with Crippen LogP contribution in [0.3, 0.4) is 0 Å². The molecule has 1 amide bonds. The lowest BCUT2D eigenvalue weighted by atomic mass is 10.1. The molecule has 0 saturated carbocycles. The fraction of sp³-hybridized carbons (Fsp3) is 0.562. The second-order valence-electron chi connectivity index (χ2n) is 5.58. The van der Waals surface area contributed by atoms with E-state index in [2.05, 4.69) is 0 Å². The largest absolute Gasteiger partial charge is 0.490 e. The first-order chi connectivity index (χ1) is 10.1. The van der Waals surface area contributed by atoms with Crippen molar-refractivity contribution in [1.29, 1.82) is 0 Å². The van der Waals surface area contributed by atoms with Crippen LogP contribution in [0, 0.1) is 0 Å². The Bertz CT molecular complexity index is 457. The highest BCUT2D eigenvalue weighted by atomic mass is 35.5. The molecule has 0 unspecified atom stereocenters. The van der Waals surface area contributed by atoms with Crippen molar-refractivity contribution in [3.63, 3.8) is 0 Å². The van der Waals surface area contributed by atoms with Gasteiger partial charge in [-0.1, -0.05) is 12.1 Å².